The molecule has 0 saturated heterocycles. The first-order valence-electron chi connectivity index (χ1n) is 4.59. The summed E-state index contributed by atoms with van der Waals surface area (Å²) in [7, 11) is 0. The Labute approximate surface area is 115 Å². The van der Waals surface area contributed by atoms with Gasteiger partial charge in [-0.25, -0.2) is 0 Å². The Hall–Kier alpha value is -0.590. The smallest absolute Gasteiger partial charge is 0.550 e. The third-order valence-electron chi connectivity index (χ3n) is 1.58. The maximum Gasteiger partial charge on any atom is 1.00 e. The molecule has 0 aromatic rings. The quantitative estimate of drug-likeness (QED) is 0.266. The molecule has 86 valence electrons. The molecule has 0 aromatic heterocycles. The average molecular weight is 240 g/mol. The van der Waals surface area contributed by atoms with Gasteiger partial charge in [0.2, 0.25) is 0 Å². The molecule has 0 aliphatic carbocycles. The van der Waals surface area contributed by atoms with E-state index in [0.29, 0.717) is 12.8 Å². The Bertz CT molecular complexity index is 240. The zero-order valence-corrected chi connectivity index (χ0v) is 11.2. The summed E-state index contributed by atoms with van der Waals surface area (Å²) in [5.74, 6) is -2.79. The number of ether oxygens (including phenoxy) is 1. The van der Waals surface area contributed by atoms with Crippen molar-refractivity contribution in [2.75, 3.05) is 6.61 Å². The number of carbonyl (C=O) groups is 3. The SMILES string of the molecule is O=C([O-])CCC(=O)OCCCCC(=O)O.[Na+]. The van der Waals surface area contributed by atoms with Gasteiger partial charge in [0.05, 0.1) is 13.0 Å². The van der Waals surface area contributed by atoms with Gasteiger partial charge in [-0.2, -0.15) is 0 Å². The number of carboxylic acid groups (broad SMARTS) is 2. The van der Waals surface area contributed by atoms with E-state index in [1.54, 1.807) is 0 Å². The van der Waals surface area contributed by atoms with Gasteiger partial charge in [0.1, 0.15) is 0 Å². The van der Waals surface area contributed by atoms with E-state index in [2.05, 4.69) is 4.74 Å². The monoisotopic (exact) mass is 240 g/mol. The van der Waals surface area contributed by atoms with Crippen LogP contribution in [0.2, 0.25) is 0 Å². The molecule has 6 nitrogen and oxygen atoms in total. The van der Waals surface area contributed by atoms with Gasteiger partial charge in [-0.1, -0.05) is 0 Å². The first kappa shape index (κ1) is 17.8. The zero-order valence-electron chi connectivity index (χ0n) is 9.23. The summed E-state index contributed by atoms with van der Waals surface area (Å²) in [4.78, 5) is 30.9. The molecule has 0 radical (unpaired) electrons. The number of aliphatic carboxylic acids is 2. The van der Waals surface area contributed by atoms with Gasteiger partial charge in [-0.05, 0) is 19.3 Å². The van der Waals surface area contributed by atoms with Gasteiger partial charge in [0.25, 0.3) is 0 Å². The fourth-order valence-corrected chi connectivity index (χ4v) is 0.841. The van der Waals surface area contributed by atoms with Crippen LogP contribution in [0.1, 0.15) is 32.1 Å². The van der Waals surface area contributed by atoms with Crippen molar-refractivity contribution < 1.29 is 58.9 Å². The standard InChI is InChI=1S/C9H14O6.Na/c10-7(11)3-1-2-6-15-9(14)5-4-8(12)13;/h1-6H2,(H,10,11)(H,12,13);/q;+1/p-1. The third-order valence-corrected chi connectivity index (χ3v) is 1.58. The van der Waals surface area contributed by atoms with Crippen LogP contribution in [0.3, 0.4) is 0 Å². The van der Waals surface area contributed by atoms with Crippen LogP contribution in [0.4, 0.5) is 0 Å². The van der Waals surface area contributed by atoms with Crippen LogP contribution in [0.25, 0.3) is 0 Å². The maximum absolute atomic E-state index is 10.8. The molecule has 7 heteroatoms. The maximum atomic E-state index is 10.8. The van der Waals surface area contributed by atoms with Gasteiger partial charge in [0.15, 0.2) is 0 Å². The van der Waals surface area contributed by atoms with Crippen molar-refractivity contribution >= 4 is 17.9 Å². The Morgan fingerprint density at radius 2 is 1.69 bits per heavy atom. The van der Waals surface area contributed by atoms with Gasteiger partial charge in [-0.3, -0.25) is 9.59 Å². The molecule has 0 aromatic carbocycles. The van der Waals surface area contributed by atoms with Gasteiger partial charge >= 0.3 is 41.5 Å². The van der Waals surface area contributed by atoms with E-state index in [1.807, 2.05) is 0 Å². The van der Waals surface area contributed by atoms with Gasteiger partial charge in [0, 0.05) is 12.4 Å². The number of carboxylic acids is 2. The molecule has 0 heterocycles. The molecular weight excluding hydrogens is 227 g/mol. The summed E-state index contributed by atoms with van der Waals surface area (Å²) in [5, 5.41) is 18.3. The fourth-order valence-electron chi connectivity index (χ4n) is 0.841. The minimum atomic E-state index is -1.29. The fraction of sp³-hybridized carbons (Fsp3) is 0.667. The first-order chi connectivity index (χ1) is 7.02. The molecule has 0 spiro atoms. The zero-order chi connectivity index (χ0) is 11.7. The van der Waals surface area contributed by atoms with Crippen molar-refractivity contribution in [1.29, 1.82) is 0 Å². The number of carbonyl (C=O) groups excluding carboxylic acids is 2. The molecule has 0 unspecified atom stereocenters. The number of hydrogen-bond acceptors (Lipinski definition) is 5. The van der Waals surface area contributed by atoms with Crippen LogP contribution in [0.15, 0.2) is 0 Å². The number of esters is 1. The number of rotatable bonds is 8. The van der Waals surface area contributed by atoms with E-state index in [0.717, 1.165) is 0 Å². The van der Waals surface area contributed by atoms with Crippen molar-refractivity contribution in [2.24, 2.45) is 0 Å². The Balaban J connectivity index is 0. The Kier molecular flexibility index (Phi) is 12.1. The van der Waals surface area contributed by atoms with Gasteiger partial charge in [-0.15, -0.1) is 0 Å². The summed E-state index contributed by atoms with van der Waals surface area (Å²) in [6, 6.07) is 0. The summed E-state index contributed by atoms with van der Waals surface area (Å²) >= 11 is 0. The number of unbranched alkanes of at least 4 members (excludes halogenated alkanes) is 1. The van der Waals surface area contributed by atoms with E-state index in [9.17, 15) is 19.5 Å². The van der Waals surface area contributed by atoms with E-state index < -0.39 is 17.9 Å². The predicted octanol–water partition coefficient (Wildman–Crippen LogP) is -3.68. The molecule has 0 bridgehead atoms. The topological polar surface area (TPSA) is 104 Å². The van der Waals surface area contributed by atoms with Crippen LogP contribution >= 0.6 is 0 Å². The van der Waals surface area contributed by atoms with E-state index in [4.69, 9.17) is 5.11 Å². The third kappa shape index (κ3) is 13.4. The molecule has 0 saturated carbocycles. The van der Waals surface area contributed by atoms with Crippen molar-refractivity contribution in [3.05, 3.63) is 0 Å². The average Bonchev–Trinajstić information content (AvgIpc) is 2.13. The summed E-state index contributed by atoms with van der Waals surface area (Å²) in [6.07, 6.45) is 0.373. The Morgan fingerprint density at radius 1 is 1.06 bits per heavy atom. The molecule has 0 amide bonds. The molecule has 0 rings (SSSR count). The van der Waals surface area contributed by atoms with Crippen molar-refractivity contribution in [3.8, 4) is 0 Å². The van der Waals surface area contributed by atoms with Crippen molar-refractivity contribution in [3.63, 3.8) is 0 Å². The van der Waals surface area contributed by atoms with Crippen LogP contribution in [0.5, 0.6) is 0 Å². The second-order valence-corrected chi connectivity index (χ2v) is 2.94. The molecule has 1 N–H and O–H groups in total. The minimum Gasteiger partial charge on any atom is -0.550 e. The molecule has 0 aliphatic heterocycles. The molecule has 16 heavy (non-hydrogen) atoms. The summed E-state index contributed by atoms with van der Waals surface area (Å²) in [5.41, 5.74) is 0. The second kappa shape index (κ2) is 10.9. The van der Waals surface area contributed by atoms with Gasteiger partial charge < -0.3 is 19.7 Å². The minimum absolute atomic E-state index is 0. The predicted molar refractivity (Wildman–Crippen MR) is 46.7 cm³/mol. The van der Waals surface area contributed by atoms with Crippen molar-refractivity contribution in [1.82, 2.24) is 0 Å². The molecule has 0 fully saturated rings. The van der Waals surface area contributed by atoms with E-state index in [-0.39, 0.29) is 55.4 Å². The van der Waals surface area contributed by atoms with Crippen LogP contribution in [0, 0.1) is 0 Å². The molecule has 0 aliphatic rings. The number of hydrogen-bond donors (Lipinski definition) is 1. The normalized spacial score (nSPS) is 9.00. The first-order valence-corrected chi connectivity index (χ1v) is 4.59. The largest absolute Gasteiger partial charge is 1.00 e. The Morgan fingerprint density at radius 3 is 2.19 bits per heavy atom. The molecule has 0 atom stereocenters. The molecular formula is C9H13NaO6. The van der Waals surface area contributed by atoms with E-state index in [1.165, 1.54) is 0 Å². The van der Waals surface area contributed by atoms with Crippen molar-refractivity contribution in [2.45, 2.75) is 32.1 Å². The summed E-state index contributed by atoms with van der Waals surface area (Å²) in [6.45, 7) is 0.124. The van der Waals surface area contributed by atoms with Crippen LogP contribution < -0.4 is 34.7 Å². The second-order valence-electron chi connectivity index (χ2n) is 2.94. The van der Waals surface area contributed by atoms with Crippen LogP contribution in [-0.4, -0.2) is 29.6 Å². The van der Waals surface area contributed by atoms with E-state index >= 15 is 0 Å². The summed E-state index contributed by atoms with van der Waals surface area (Å²) < 4.78 is 4.65. The van der Waals surface area contributed by atoms with Crippen LogP contribution in [-0.2, 0) is 19.1 Å².